The van der Waals surface area contributed by atoms with Gasteiger partial charge in [-0.3, -0.25) is 0 Å². The molecule has 3 nitrogen and oxygen atoms in total. The lowest BCUT2D eigenvalue weighted by Gasteiger charge is -2.15. The second-order valence-corrected chi connectivity index (χ2v) is 5.22. The summed E-state index contributed by atoms with van der Waals surface area (Å²) < 4.78 is 5.93. The quantitative estimate of drug-likeness (QED) is 0.694. The van der Waals surface area contributed by atoms with E-state index < -0.39 is 0 Å². The van der Waals surface area contributed by atoms with Crippen LogP contribution in [0.25, 0.3) is 10.8 Å². The largest absolute Gasteiger partial charge is 0.493 e. The third-order valence-corrected chi connectivity index (χ3v) is 3.54. The number of hydrogen-bond donors (Lipinski definition) is 2. The van der Waals surface area contributed by atoms with Gasteiger partial charge in [-0.25, -0.2) is 0 Å². The second kappa shape index (κ2) is 8.65. The first kappa shape index (κ1) is 15.8. The molecule has 0 aliphatic heterocycles. The van der Waals surface area contributed by atoms with Crippen molar-refractivity contribution in [3.05, 3.63) is 42.0 Å². The van der Waals surface area contributed by atoms with Crippen LogP contribution in [0.3, 0.4) is 0 Å². The van der Waals surface area contributed by atoms with Gasteiger partial charge in [0.2, 0.25) is 0 Å². The first-order valence-electron chi connectivity index (χ1n) is 7.81. The summed E-state index contributed by atoms with van der Waals surface area (Å²) in [4.78, 5) is 0. The van der Waals surface area contributed by atoms with Gasteiger partial charge in [-0.2, -0.15) is 0 Å². The van der Waals surface area contributed by atoms with Gasteiger partial charge in [0.25, 0.3) is 0 Å². The van der Waals surface area contributed by atoms with E-state index in [-0.39, 0.29) is 6.61 Å². The Morgan fingerprint density at radius 3 is 2.76 bits per heavy atom. The molecule has 114 valence electrons. The van der Waals surface area contributed by atoms with Gasteiger partial charge in [0, 0.05) is 18.7 Å². The second-order valence-electron chi connectivity index (χ2n) is 5.22. The predicted molar refractivity (Wildman–Crippen MR) is 87.8 cm³/mol. The third kappa shape index (κ3) is 4.45. The third-order valence-electron chi connectivity index (χ3n) is 3.54. The maximum atomic E-state index is 8.84. The maximum Gasteiger partial charge on any atom is 0.124 e. The molecular formula is C18H25NO2. The van der Waals surface area contributed by atoms with Crippen LogP contribution >= 0.6 is 0 Å². The van der Waals surface area contributed by atoms with Crippen LogP contribution < -0.4 is 10.1 Å². The molecule has 3 heteroatoms. The minimum atomic E-state index is 0.228. The molecule has 0 atom stereocenters. The highest BCUT2D eigenvalue weighted by Gasteiger charge is 2.08. The Morgan fingerprint density at radius 2 is 1.95 bits per heavy atom. The van der Waals surface area contributed by atoms with E-state index in [0.717, 1.165) is 38.1 Å². The fourth-order valence-electron chi connectivity index (χ4n) is 2.42. The van der Waals surface area contributed by atoms with Crippen molar-refractivity contribution >= 4 is 10.8 Å². The Hall–Kier alpha value is -1.58. The van der Waals surface area contributed by atoms with Gasteiger partial charge < -0.3 is 15.2 Å². The van der Waals surface area contributed by atoms with Crippen molar-refractivity contribution in [2.24, 2.45) is 0 Å². The van der Waals surface area contributed by atoms with Crippen LogP contribution in [-0.2, 0) is 6.54 Å². The van der Waals surface area contributed by atoms with Crippen molar-refractivity contribution in [2.75, 3.05) is 19.8 Å². The Kier molecular flexibility index (Phi) is 6.51. The van der Waals surface area contributed by atoms with Crippen molar-refractivity contribution in [1.82, 2.24) is 5.32 Å². The van der Waals surface area contributed by atoms with Gasteiger partial charge in [0.15, 0.2) is 0 Å². The summed E-state index contributed by atoms with van der Waals surface area (Å²) in [6, 6.07) is 12.6. The number of hydrogen-bond acceptors (Lipinski definition) is 3. The molecule has 0 aromatic heterocycles. The van der Waals surface area contributed by atoms with Gasteiger partial charge in [-0.1, -0.05) is 37.3 Å². The molecule has 0 bridgehead atoms. The smallest absolute Gasteiger partial charge is 0.124 e. The van der Waals surface area contributed by atoms with Crippen molar-refractivity contribution in [3.8, 4) is 5.75 Å². The van der Waals surface area contributed by atoms with E-state index in [1.165, 1.54) is 16.3 Å². The zero-order valence-corrected chi connectivity index (χ0v) is 12.8. The van der Waals surface area contributed by atoms with E-state index in [2.05, 4.69) is 48.6 Å². The molecule has 0 radical (unpaired) electrons. The first-order valence-corrected chi connectivity index (χ1v) is 7.81. The summed E-state index contributed by atoms with van der Waals surface area (Å²) in [6.07, 6.45) is 2.79. The molecule has 2 aromatic rings. The van der Waals surface area contributed by atoms with Gasteiger partial charge >= 0.3 is 0 Å². The molecule has 0 saturated carbocycles. The number of aliphatic hydroxyl groups is 1. The summed E-state index contributed by atoms with van der Waals surface area (Å²) in [6.45, 7) is 4.88. The molecule has 0 unspecified atom stereocenters. The molecule has 0 amide bonds. The van der Waals surface area contributed by atoms with Gasteiger partial charge in [0.1, 0.15) is 5.75 Å². The van der Waals surface area contributed by atoms with Crippen molar-refractivity contribution < 1.29 is 9.84 Å². The van der Waals surface area contributed by atoms with Crippen LogP contribution in [0.5, 0.6) is 5.75 Å². The van der Waals surface area contributed by atoms with Gasteiger partial charge in [-0.05, 0) is 42.6 Å². The lowest BCUT2D eigenvalue weighted by molar-refractivity contribution is 0.252. The highest BCUT2D eigenvalue weighted by molar-refractivity contribution is 5.87. The summed E-state index contributed by atoms with van der Waals surface area (Å²) >= 11 is 0. The molecule has 0 heterocycles. The minimum absolute atomic E-state index is 0.228. The normalized spacial score (nSPS) is 11.0. The highest BCUT2D eigenvalue weighted by atomic mass is 16.5. The number of unbranched alkanes of at least 4 members (excludes halogenated alkanes) is 1. The minimum Gasteiger partial charge on any atom is -0.493 e. The molecule has 0 aliphatic rings. The predicted octanol–water partition coefficient (Wildman–Crippen LogP) is 3.49. The van der Waals surface area contributed by atoms with Gasteiger partial charge in [0.05, 0.1) is 6.61 Å². The average molecular weight is 287 g/mol. The molecule has 0 fully saturated rings. The van der Waals surface area contributed by atoms with Crippen LogP contribution in [0, 0.1) is 0 Å². The fourth-order valence-corrected chi connectivity index (χ4v) is 2.42. The SMILES string of the molecule is CCCNCc1c(OCCCCO)ccc2ccccc12. The first-order chi connectivity index (χ1) is 10.4. The Morgan fingerprint density at radius 1 is 1.10 bits per heavy atom. The number of benzene rings is 2. The summed E-state index contributed by atoms with van der Waals surface area (Å²) in [5, 5.41) is 14.8. The molecular weight excluding hydrogens is 262 g/mol. The Bertz CT molecular complexity index is 554. The number of rotatable bonds is 9. The molecule has 21 heavy (non-hydrogen) atoms. The molecule has 0 saturated heterocycles. The average Bonchev–Trinajstić information content (AvgIpc) is 2.53. The van der Waals surface area contributed by atoms with E-state index in [0.29, 0.717) is 6.61 Å². The lowest BCUT2D eigenvalue weighted by Crippen LogP contribution is -2.15. The van der Waals surface area contributed by atoms with E-state index in [9.17, 15) is 0 Å². The van der Waals surface area contributed by atoms with E-state index in [4.69, 9.17) is 9.84 Å². The summed E-state index contributed by atoms with van der Waals surface area (Å²) in [7, 11) is 0. The van der Waals surface area contributed by atoms with Crippen LogP contribution in [-0.4, -0.2) is 24.9 Å². The molecule has 0 spiro atoms. The van der Waals surface area contributed by atoms with E-state index in [1.807, 2.05) is 0 Å². The van der Waals surface area contributed by atoms with Crippen LogP contribution in [0.1, 0.15) is 31.7 Å². The van der Waals surface area contributed by atoms with Crippen molar-refractivity contribution in [1.29, 1.82) is 0 Å². The summed E-state index contributed by atoms with van der Waals surface area (Å²) in [5.41, 5.74) is 1.23. The Labute approximate surface area is 126 Å². The van der Waals surface area contributed by atoms with Crippen LogP contribution in [0.15, 0.2) is 36.4 Å². The topological polar surface area (TPSA) is 41.5 Å². The number of ether oxygens (including phenoxy) is 1. The number of nitrogens with one attached hydrogen (secondary N) is 1. The molecule has 2 rings (SSSR count). The van der Waals surface area contributed by atoms with Gasteiger partial charge in [-0.15, -0.1) is 0 Å². The standard InChI is InChI=1S/C18H25NO2/c1-2-11-19-14-17-16-8-4-3-7-15(16)9-10-18(17)21-13-6-5-12-20/h3-4,7-10,19-20H,2,5-6,11-14H2,1H3. The molecule has 2 aromatic carbocycles. The van der Waals surface area contributed by atoms with E-state index >= 15 is 0 Å². The zero-order valence-electron chi connectivity index (χ0n) is 12.8. The zero-order chi connectivity index (χ0) is 14.9. The monoisotopic (exact) mass is 287 g/mol. The lowest BCUT2D eigenvalue weighted by atomic mass is 10.0. The van der Waals surface area contributed by atoms with Crippen molar-refractivity contribution in [3.63, 3.8) is 0 Å². The maximum absolute atomic E-state index is 8.84. The molecule has 2 N–H and O–H groups in total. The number of fused-ring (bicyclic) bond motifs is 1. The fraction of sp³-hybridized carbons (Fsp3) is 0.444. The van der Waals surface area contributed by atoms with Crippen LogP contribution in [0.2, 0.25) is 0 Å². The number of aliphatic hydroxyl groups excluding tert-OH is 1. The van der Waals surface area contributed by atoms with E-state index in [1.54, 1.807) is 0 Å². The highest BCUT2D eigenvalue weighted by Crippen LogP contribution is 2.28. The molecule has 0 aliphatic carbocycles. The Balaban J connectivity index is 2.18. The van der Waals surface area contributed by atoms with Crippen LogP contribution in [0.4, 0.5) is 0 Å². The van der Waals surface area contributed by atoms with Crippen molar-refractivity contribution in [2.45, 2.75) is 32.7 Å². The summed E-state index contributed by atoms with van der Waals surface area (Å²) in [5.74, 6) is 0.954.